The number of furan rings is 1. The number of piperidine rings is 1. The molecule has 1 aliphatic rings. The summed E-state index contributed by atoms with van der Waals surface area (Å²) in [5.74, 6) is 0.334. The number of carbonyl (C=O) groups excluding carboxylic acids is 1. The number of aryl methyl sites for hydroxylation is 2. The van der Waals surface area contributed by atoms with Crippen molar-refractivity contribution in [3.05, 3.63) is 58.5 Å². The van der Waals surface area contributed by atoms with Crippen molar-refractivity contribution in [3.63, 3.8) is 0 Å². The Kier molecular flexibility index (Phi) is 4.42. The van der Waals surface area contributed by atoms with Gasteiger partial charge < -0.3 is 14.4 Å². The molecule has 24 heavy (non-hydrogen) atoms. The lowest BCUT2D eigenvalue weighted by atomic mass is 9.86. The summed E-state index contributed by atoms with van der Waals surface area (Å²) < 4.78 is 5.52. The van der Waals surface area contributed by atoms with Gasteiger partial charge in [-0.3, -0.25) is 4.79 Å². The summed E-state index contributed by atoms with van der Waals surface area (Å²) in [7, 11) is 0. The first-order valence-electron chi connectivity index (χ1n) is 8.16. The van der Waals surface area contributed by atoms with E-state index in [1.165, 1.54) is 0 Å². The van der Waals surface area contributed by atoms with Gasteiger partial charge in [-0.25, -0.2) is 4.79 Å². The molecular weight excluding hydrogens is 306 g/mol. The van der Waals surface area contributed by atoms with Gasteiger partial charge in [-0.05, 0) is 55.9 Å². The topological polar surface area (TPSA) is 70.8 Å². The molecule has 0 saturated carbocycles. The second-order valence-electron chi connectivity index (χ2n) is 6.31. The summed E-state index contributed by atoms with van der Waals surface area (Å²) in [6.45, 7) is 4.98. The van der Waals surface area contributed by atoms with Gasteiger partial charge in [0.2, 0.25) is 0 Å². The maximum atomic E-state index is 12.5. The van der Waals surface area contributed by atoms with E-state index in [0.717, 1.165) is 29.7 Å². The highest BCUT2D eigenvalue weighted by Gasteiger charge is 2.28. The van der Waals surface area contributed by atoms with Crippen LogP contribution >= 0.6 is 0 Å². The minimum atomic E-state index is -0.898. The number of amides is 1. The van der Waals surface area contributed by atoms with Gasteiger partial charge in [0.05, 0.1) is 5.56 Å². The molecule has 2 aromatic rings. The average Bonchev–Trinajstić information content (AvgIpc) is 2.93. The Morgan fingerprint density at radius 3 is 2.42 bits per heavy atom. The number of benzene rings is 1. The van der Waals surface area contributed by atoms with Crippen LogP contribution in [0.4, 0.5) is 0 Å². The van der Waals surface area contributed by atoms with Crippen molar-refractivity contribution in [1.29, 1.82) is 0 Å². The van der Waals surface area contributed by atoms with Crippen LogP contribution in [0.5, 0.6) is 0 Å². The first kappa shape index (κ1) is 16.3. The van der Waals surface area contributed by atoms with Gasteiger partial charge in [-0.2, -0.15) is 0 Å². The predicted octanol–water partition coefficient (Wildman–Crippen LogP) is 3.61. The molecule has 3 rings (SSSR count). The number of carboxylic acid groups (broad SMARTS) is 1. The van der Waals surface area contributed by atoms with Crippen LogP contribution in [0.15, 0.2) is 34.7 Å². The molecule has 0 aliphatic carbocycles. The van der Waals surface area contributed by atoms with E-state index in [1.54, 1.807) is 23.1 Å². The van der Waals surface area contributed by atoms with E-state index in [0.29, 0.717) is 24.4 Å². The Morgan fingerprint density at radius 1 is 1.17 bits per heavy atom. The minimum absolute atomic E-state index is 0.0869. The number of hydrogen-bond acceptors (Lipinski definition) is 3. The summed E-state index contributed by atoms with van der Waals surface area (Å²) >= 11 is 0. The summed E-state index contributed by atoms with van der Waals surface area (Å²) in [6.07, 6.45) is 1.52. The highest BCUT2D eigenvalue weighted by atomic mass is 16.4. The van der Waals surface area contributed by atoms with Crippen LogP contribution in [0.25, 0.3) is 0 Å². The molecule has 0 spiro atoms. The van der Waals surface area contributed by atoms with Crippen molar-refractivity contribution in [1.82, 2.24) is 4.90 Å². The van der Waals surface area contributed by atoms with Gasteiger partial charge in [0.15, 0.2) is 5.76 Å². The zero-order valence-corrected chi connectivity index (χ0v) is 13.9. The molecule has 1 aliphatic heterocycles. The maximum Gasteiger partial charge on any atom is 0.335 e. The van der Waals surface area contributed by atoms with Gasteiger partial charge in [-0.15, -0.1) is 0 Å². The standard InChI is InChI=1S/C19H21NO4/c1-12-11-17(24-13(12)2)18(21)20-9-7-14(8-10-20)15-5-3-4-6-16(15)19(22)23/h3-6,11,14H,7-10H2,1-2H3,(H,22,23). The van der Waals surface area contributed by atoms with Crippen molar-refractivity contribution in [2.24, 2.45) is 0 Å². The van der Waals surface area contributed by atoms with E-state index in [-0.39, 0.29) is 11.8 Å². The van der Waals surface area contributed by atoms with Gasteiger partial charge in [-0.1, -0.05) is 18.2 Å². The highest BCUT2D eigenvalue weighted by Crippen LogP contribution is 2.31. The minimum Gasteiger partial charge on any atom is -0.478 e. The van der Waals surface area contributed by atoms with Gasteiger partial charge >= 0.3 is 5.97 Å². The third-order valence-corrected chi connectivity index (χ3v) is 4.79. The van der Waals surface area contributed by atoms with Gasteiger partial charge in [0, 0.05) is 13.1 Å². The molecule has 2 heterocycles. The summed E-state index contributed by atoms with van der Waals surface area (Å²) in [6, 6.07) is 8.92. The molecule has 0 bridgehead atoms. The highest BCUT2D eigenvalue weighted by molar-refractivity contribution is 5.92. The lowest BCUT2D eigenvalue weighted by molar-refractivity contribution is 0.0664. The fraction of sp³-hybridized carbons (Fsp3) is 0.368. The Labute approximate surface area is 140 Å². The molecule has 1 saturated heterocycles. The van der Waals surface area contributed by atoms with Crippen molar-refractivity contribution in [2.45, 2.75) is 32.6 Å². The number of carboxylic acids is 1. The summed E-state index contributed by atoms with van der Waals surface area (Å²) in [5.41, 5.74) is 2.20. The van der Waals surface area contributed by atoms with Crippen LogP contribution in [0.1, 0.15) is 56.6 Å². The molecule has 1 N–H and O–H groups in total. The van der Waals surface area contributed by atoms with Crippen LogP contribution in [0.2, 0.25) is 0 Å². The average molecular weight is 327 g/mol. The number of rotatable bonds is 3. The van der Waals surface area contributed by atoms with Crippen molar-refractivity contribution in [2.75, 3.05) is 13.1 Å². The van der Waals surface area contributed by atoms with E-state index in [2.05, 4.69) is 0 Å². The lowest BCUT2D eigenvalue weighted by Gasteiger charge is -2.32. The van der Waals surface area contributed by atoms with Crippen molar-refractivity contribution in [3.8, 4) is 0 Å². The number of carbonyl (C=O) groups is 2. The third kappa shape index (κ3) is 3.07. The summed E-state index contributed by atoms with van der Waals surface area (Å²) in [4.78, 5) is 25.7. The zero-order chi connectivity index (χ0) is 17.3. The first-order chi connectivity index (χ1) is 11.5. The molecule has 0 atom stereocenters. The molecular formula is C19H21NO4. The Hall–Kier alpha value is -2.56. The lowest BCUT2D eigenvalue weighted by Crippen LogP contribution is -2.38. The monoisotopic (exact) mass is 327 g/mol. The maximum absolute atomic E-state index is 12.5. The number of hydrogen-bond donors (Lipinski definition) is 1. The number of aromatic carboxylic acids is 1. The second kappa shape index (κ2) is 6.51. The molecule has 0 radical (unpaired) electrons. The Morgan fingerprint density at radius 2 is 1.83 bits per heavy atom. The zero-order valence-electron chi connectivity index (χ0n) is 13.9. The van der Waals surface area contributed by atoms with E-state index in [4.69, 9.17) is 4.42 Å². The van der Waals surface area contributed by atoms with Crippen LogP contribution in [0.3, 0.4) is 0 Å². The van der Waals surface area contributed by atoms with Crippen LogP contribution in [-0.2, 0) is 0 Å². The van der Waals surface area contributed by atoms with E-state index < -0.39 is 5.97 Å². The molecule has 126 valence electrons. The molecule has 5 heteroatoms. The van der Waals surface area contributed by atoms with Crippen LogP contribution in [-0.4, -0.2) is 35.0 Å². The summed E-state index contributed by atoms with van der Waals surface area (Å²) in [5, 5.41) is 9.34. The second-order valence-corrected chi connectivity index (χ2v) is 6.31. The SMILES string of the molecule is Cc1cc(C(=O)N2CCC(c3ccccc3C(=O)O)CC2)oc1C. The van der Waals surface area contributed by atoms with E-state index >= 15 is 0 Å². The third-order valence-electron chi connectivity index (χ3n) is 4.79. The van der Waals surface area contributed by atoms with Crippen LogP contribution < -0.4 is 0 Å². The van der Waals surface area contributed by atoms with E-state index in [1.807, 2.05) is 26.0 Å². The number of likely N-dealkylation sites (tertiary alicyclic amines) is 1. The van der Waals surface area contributed by atoms with Gasteiger partial charge in [0.1, 0.15) is 5.76 Å². The quantitative estimate of drug-likeness (QED) is 0.935. The smallest absolute Gasteiger partial charge is 0.335 e. The molecule has 0 unspecified atom stereocenters. The largest absolute Gasteiger partial charge is 0.478 e. The van der Waals surface area contributed by atoms with E-state index in [9.17, 15) is 14.7 Å². The van der Waals surface area contributed by atoms with Gasteiger partial charge in [0.25, 0.3) is 5.91 Å². The Balaban J connectivity index is 1.70. The van der Waals surface area contributed by atoms with Crippen molar-refractivity contribution < 1.29 is 19.1 Å². The molecule has 1 aromatic heterocycles. The number of nitrogens with zero attached hydrogens (tertiary/aromatic N) is 1. The molecule has 1 aromatic carbocycles. The van der Waals surface area contributed by atoms with Crippen molar-refractivity contribution >= 4 is 11.9 Å². The first-order valence-corrected chi connectivity index (χ1v) is 8.16. The molecule has 1 fully saturated rings. The molecule has 1 amide bonds. The normalized spacial score (nSPS) is 15.5. The molecule has 5 nitrogen and oxygen atoms in total. The fourth-order valence-electron chi connectivity index (χ4n) is 3.28. The predicted molar refractivity (Wildman–Crippen MR) is 89.5 cm³/mol. The Bertz CT molecular complexity index is 750. The fourth-order valence-corrected chi connectivity index (χ4v) is 3.28. The van der Waals surface area contributed by atoms with Crippen LogP contribution in [0, 0.1) is 13.8 Å².